The highest BCUT2D eigenvalue weighted by Gasteiger charge is 2.11. The van der Waals surface area contributed by atoms with Crippen LogP contribution in [0, 0.1) is 0 Å². The Kier molecular flexibility index (Phi) is 3.56. The number of ketones is 1. The van der Waals surface area contributed by atoms with Crippen molar-refractivity contribution in [3.63, 3.8) is 0 Å². The number of carbonyl (C=O) groups is 2. The molecule has 0 aliphatic carbocycles. The molecule has 2 aromatic rings. The number of rotatable bonds is 3. The Morgan fingerprint density at radius 3 is 2.74 bits per heavy atom. The molecule has 0 saturated heterocycles. The Bertz CT molecular complexity index is 638. The summed E-state index contributed by atoms with van der Waals surface area (Å²) < 4.78 is 0. The number of aromatic hydroxyl groups is 1. The Morgan fingerprint density at radius 2 is 2.05 bits per heavy atom. The second-order valence-electron chi connectivity index (χ2n) is 3.98. The van der Waals surface area contributed by atoms with E-state index in [1.807, 2.05) is 0 Å². The minimum absolute atomic E-state index is 0.0807. The second-order valence-corrected chi connectivity index (χ2v) is 3.98. The van der Waals surface area contributed by atoms with E-state index in [2.05, 4.69) is 10.3 Å². The molecule has 0 unspecified atom stereocenters. The molecule has 1 amide bonds. The number of nitrogens with zero attached hydrogens (tertiary/aromatic N) is 1. The van der Waals surface area contributed by atoms with Gasteiger partial charge < -0.3 is 10.4 Å². The average Bonchev–Trinajstić information content (AvgIpc) is 2.39. The fraction of sp³-hybridized carbons (Fsp3) is 0.0714. The SMILES string of the molecule is CC(=O)c1cccc(NC(=O)c2ccncc2O)c1. The Hall–Kier alpha value is -2.69. The van der Waals surface area contributed by atoms with Gasteiger partial charge in [-0.05, 0) is 25.1 Å². The first-order chi connectivity index (χ1) is 9.08. The molecule has 1 aromatic heterocycles. The zero-order valence-electron chi connectivity index (χ0n) is 10.3. The lowest BCUT2D eigenvalue weighted by Gasteiger charge is -2.07. The van der Waals surface area contributed by atoms with Gasteiger partial charge in [0.1, 0.15) is 5.75 Å². The quantitative estimate of drug-likeness (QED) is 0.825. The topological polar surface area (TPSA) is 79.3 Å². The molecule has 5 nitrogen and oxygen atoms in total. The number of aromatic nitrogens is 1. The van der Waals surface area contributed by atoms with Crippen LogP contribution in [0.2, 0.25) is 0 Å². The minimum Gasteiger partial charge on any atom is -0.505 e. The third-order valence-corrected chi connectivity index (χ3v) is 2.57. The number of pyridine rings is 1. The van der Waals surface area contributed by atoms with E-state index >= 15 is 0 Å². The van der Waals surface area contributed by atoms with Gasteiger partial charge in [-0.15, -0.1) is 0 Å². The van der Waals surface area contributed by atoms with Crippen LogP contribution in [0.1, 0.15) is 27.6 Å². The molecule has 2 rings (SSSR count). The normalized spacial score (nSPS) is 9.95. The van der Waals surface area contributed by atoms with Crippen LogP contribution in [0.25, 0.3) is 0 Å². The predicted molar refractivity (Wildman–Crippen MR) is 70.3 cm³/mol. The van der Waals surface area contributed by atoms with Crippen LogP contribution in [0.3, 0.4) is 0 Å². The summed E-state index contributed by atoms with van der Waals surface area (Å²) in [6.45, 7) is 1.45. The lowest BCUT2D eigenvalue weighted by molar-refractivity contribution is 0.101. The molecule has 2 N–H and O–H groups in total. The number of carbonyl (C=O) groups excluding carboxylic acids is 2. The summed E-state index contributed by atoms with van der Waals surface area (Å²) in [5, 5.41) is 12.1. The number of anilines is 1. The van der Waals surface area contributed by atoms with Gasteiger partial charge in [0, 0.05) is 17.4 Å². The molecule has 0 aliphatic rings. The number of Topliss-reactive ketones (excluding diaryl/α,β-unsaturated/α-hetero) is 1. The van der Waals surface area contributed by atoms with E-state index in [9.17, 15) is 14.7 Å². The van der Waals surface area contributed by atoms with Gasteiger partial charge in [-0.1, -0.05) is 12.1 Å². The summed E-state index contributed by atoms with van der Waals surface area (Å²) in [4.78, 5) is 26.9. The first-order valence-electron chi connectivity index (χ1n) is 5.63. The molecule has 1 aromatic carbocycles. The van der Waals surface area contributed by atoms with Crippen LogP contribution in [-0.4, -0.2) is 21.8 Å². The fourth-order valence-electron chi connectivity index (χ4n) is 1.59. The maximum Gasteiger partial charge on any atom is 0.259 e. The van der Waals surface area contributed by atoms with Crippen LogP contribution in [0.4, 0.5) is 5.69 Å². The largest absolute Gasteiger partial charge is 0.505 e. The molecule has 0 atom stereocenters. The molecule has 1 heterocycles. The number of benzene rings is 1. The van der Waals surface area contributed by atoms with E-state index in [-0.39, 0.29) is 17.1 Å². The monoisotopic (exact) mass is 256 g/mol. The van der Waals surface area contributed by atoms with Crippen molar-refractivity contribution in [1.29, 1.82) is 0 Å². The molecule has 0 bridgehead atoms. The van der Waals surface area contributed by atoms with Crippen molar-refractivity contribution in [1.82, 2.24) is 4.98 Å². The second kappa shape index (κ2) is 5.30. The van der Waals surface area contributed by atoms with E-state index in [1.165, 1.54) is 25.4 Å². The van der Waals surface area contributed by atoms with Crippen LogP contribution < -0.4 is 5.32 Å². The first-order valence-corrected chi connectivity index (χ1v) is 5.63. The zero-order valence-corrected chi connectivity index (χ0v) is 10.3. The van der Waals surface area contributed by atoms with Gasteiger partial charge in [-0.2, -0.15) is 0 Å². The van der Waals surface area contributed by atoms with Crippen LogP contribution in [-0.2, 0) is 0 Å². The summed E-state index contributed by atoms with van der Waals surface area (Å²) in [5.74, 6) is -0.730. The molecular weight excluding hydrogens is 244 g/mol. The molecule has 0 radical (unpaired) electrons. The van der Waals surface area contributed by atoms with E-state index < -0.39 is 5.91 Å². The average molecular weight is 256 g/mol. The van der Waals surface area contributed by atoms with Crippen LogP contribution in [0.15, 0.2) is 42.7 Å². The lowest BCUT2D eigenvalue weighted by Crippen LogP contribution is -2.12. The van der Waals surface area contributed by atoms with Crippen molar-refractivity contribution in [3.8, 4) is 5.75 Å². The molecule has 0 aliphatic heterocycles. The Balaban J connectivity index is 2.22. The zero-order chi connectivity index (χ0) is 13.8. The van der Waals surface area contributed by atoms with Gasteiger partial charge in [0.2, 0.25) is 0 Å². The third kappa shape index (κ3) is 2.95. The Morgan fingerprint density at radius 1 is 1.26 bits per heavy atom. The van der Waals surface area contributed by atoms with Gasteiger partial charge in [0.25, 0.3) is 5.91 Å². The van der Waals surface area contributed by atoms with Crippen LogP contribution in [0.5, 0.6) is 5.75 Å². The van der Waals surface area contributed by atoms with Crippen molar-refractivity contribution in [2.75, 3.05) is 5.32 Å². The predicted octanol–water partition coefficient (Wildman–Crippen LogP) is 2.24. The minimum atomic E-state index is -0.458. The summed E-state index contributed by atoms with van der Waals surface area (Å²) >= 11 is 0. The highest BCUT2D eigenvalue weighted by atomic mass is 16.3. The van der Waals surface area contributed by atoms with Crippen molar-refractivity contribution in [2.45, 2.75) is 6.92 Å². The van der Waals surface area contributed by atoms with Crippen LogP contribution >= 0.6 is 0 Å². The number of nitrogens with one attached hydrogen (secondary N) is 1. The third-order valence-electron chi connectivity index (χ3n) is 2.57. The first kappa shape index (κ1) is 12.8. The van der Waals surface area contributed by atoms with Gasteiger partial charge in [-0.25, -0.2) is 0 Å². The highest BCUT2D eigenvalue weighted by Crippen LogP contribution is 2.17. The van der Waals surface area contributed by atoms with Crippen molar-refractivity contribution in [3.05, 3.63) is 53.9 Å². The van der Waals surface area contributed by atoms with E-state index in [4.69, 9.17) is 0 Å². The van der Waals surface area contributed by atoms with Crippen molar-refractivity contribution >= 4 is 17.4 Å². The number of hydrogen-bond donors (Lipinski definition) is 2. The maximum absolute atomic E-state index is 11.9. The smallest absolute Gasteiger partial charge is 0.259 e. The standard InChI is InChI=1S/C14H12N2O3/c1-9(17)10-3-2-4-11(7-10)16-14(19)12-5-6-15-8-13(12)18/h2-8,18H,1H3,(H,16,19). The molecule has 5 heteroatoms. The Labute approximate surface area is 109 Å². The summed E-state index contributed by atoms with van der Waals surface area (Å²) in [7, 11) is 0. The number of hydrogen-bond acceptors (Lipinski definition) is 4. The lowest BCUT2D eigenvalue weighted by atomic mass is 10.1. The maximum atomic E-state index is 11.9. The number of amides is 1. The summed E-state index contributed by atoms with van der Waals surface area (Å²) in [5.41, 5.74) is 1.13. The van der Waals surface area contributed by atoms with Gasteiger partial charge >= 0.3 is 0 Å². The van der Waals surface area contributed by atoms with Gasteiger partial charge in [0.15, 0.2) is 5.78 Å². The molecule has 19 heavy (non-hydrogen) atoms. The van der Waals surface area contributed by atoms with E-state index in [1.54, 1.807) is 24.3 Å². The molecule has 0 spiro atoms. The molecule has 96 valence electrons. The van der Waals surface area contributed by atoms with Gasteiger partial charge in [0.05, 0.1) is 11.8 Å². The van der Waals surface area contributed by atoms with E-state index in [0.717, 1.165) is 0 Å². The fourth-order valence-corrected chi connectivity index (χ4v) is 1.59. The highest BCUT2D eigenvalue weighted by molar-refractivity contribution is 6.06. The van der Waals surface area contributed by atoms with Crippen molar-refractivity contribution < 1.29 is 14.7 Å². The summed E-state index contributed by atoms with van der Waals surface area (Å²) in [6, 6.07) is 8.02. The summed E-state index contributed by atoms with van der Waals surface area (Å²) in [6.07, 6.45) is 2.61. The molecule has 0 fully saturated rings. The molecular formula is C14H12N2O3. The van der Waals surface area contributed by atoms with E-state index in [0.29, 0.717) is 11.3 Å². The van der Waals surface area contributed by atoms with Gasteiger partial charge in [-0.3, -0.25) is 14.6 Å². The molecule has 0 saturated carbocycles. The van der Waals surface area contributed by atoms with Crippen molar-refractivity contribution in [2.24, 2.45) is 0 Å².